The van der Waals surface area contributed by atoms with Gasteiger partial charge in [0.15, 0.2) is 0 Å². The topological polar surface area (TPSA) is 9.23 Å². The Morgan fingerprint density at radius 3 is 2.50 bits per heavy atom. The number of alkyl halides is 1. The number of ether oxygens (including phenoxy) is 1. The second kappa shape index (κ2) is 6.37. The van der Waals surface area contributed by atoms with E-state index < -0.39 is 0 Å². The molecule has 1 nitrogen and oxygen atoms in total. The Hall–Kier alpha value is -0.830. The first-order chi connectivity index (χ1) is 8.76. The van der Waals surface area contributed by atoms with Crippen LogP contribution in [0.15, 0.2) is 47.4 Å². The van der Waals surface area contributed by atoms with Crippen molar-refractivity contribution in [2.45, 2.75) is 10.8 Å². The van der Waals surface area contributed by atoms with Crippen LogP contribution in [0.25, 0.3) is 0 Å². The minimum atomic E-state index is 0.330. The molecule has 94 valence electrons. The van der Waals surface area contributed by atoms with E-state index in [0.717, 1.165) is 16.2 Å². The standard InChI is InChI=1S/C14H12Cl2OS/c1-18-14-8-3-2-6-13(14)17-12-7-4-5-11(16)10(12)9-15/h2-8H,9H2,1H3. The van der Waals surface area contributed by atoms with E-state index in [4.69, 9.17) is 27.9 Å². The van der Waals surface area contributed by atoms with Gasteiger partial charge in [0, 0.05) is 15.5 Å². The lowest BCUT2D eigenvalue weighted by Crippen LogP contribution is -1.91. The van der Waals surface area contributed by atoms with E-state index in [1.165, 1.54) is 0 Å². The third kappa shape index (κ3) is 2.94. The Balaban J connectivity index is 2.37. The van der Waals surface area contributed by atoms with Crippen LogP contribution in [0.3, 0.4) is 0 Å². The Kier molecular flexibility index (Phi) is 4.81. The molecule has 0 amide bonds. The van der Waals surface area contributed by atoms with Crippen LogP contribution in [0.4, 0.5) is 0 Å². The summed E-state index contributed by atoms with van der Waals surface area (Å²) in [6.07, 6.45) is 2.02. The summed E-state index contributed by atoms with van der Waals surface area (Å²) in [5.74, 6) is 1.86. The summed E-state index contributed by atoms with van der Waals surface area (Å²) in [4.78, 5) is 1.08. The number of hydrogen-bond donors (Lipinski definition) is 0. The van der Waals surface area contributed by atoms with Gasteiger partial charge in [0.2, 0.25) is 0 Å². The van der Waals surface area contributed by atoms with Crippen LogP contribution in [-0.4, -0.2) is 6.26 Å². The molecule has 0 aromatic heterocycles. The van der Waals surface area contributed by atoms with E-state index in [-0.39, 0.29) is 0 Å². The summed E-state index contributed by atoms with van der Waals surface area (Å²) in [5, 5.41) is 0.629. The zero-order chi connectivity index (χ0) is 13.0. The summed E-state index contributed by atoms with van der Waals surface area (Å²) in [6, 6.07) is 13.4. The fourth-order valence-corrected chi connectivity index (χ4v) is 2.69. The molecule has 18 heavy (non-hydrogen) atoms. The zero-order valence-corrected chi connectivity index (χ0v) is 12.1. The van der Waals surface area contributed by atoms with Crippen LogP contribution in [0, 0.1) is 0 Å². The Labute approximate surface area is 121 Å². The van der Waals surface area contributed by atoms with E-state index in [0.29, 0.717) is 16.7 Å². The molecule has 0 aliphatic carbocycles. The van der Waals surface area contributed by atoms with E-state index in [2.05, 4.69) is 0 Å². The molecule has 0 heterocycles. The van der Waals surface area contributed by atoms with Crippen molar-refractivity contribution < 1.29 is 4.74 Å². The molecule has 0 unspecified atom stereocenters. The van der Waals surface area contributed by atoms with Crippen molar-refractivity contribution in [1.82, 2.24) is 0 Å². The molecule has 0 radical (unpaired) electrons. The minimum Gasteiger partial charge on any atom is -0.456 e. The predicted octanol–water partition coefficient (Wildman–Crippen LogP) is 5.59. The smallest absolute Gasteiger partial charge is 0.140 e. The first kappa shape index (κ1) is 13.6. The van der Waals surface area contributed by atoms with Crippen molar-refractivity contribution >= 4 is 35.0 Å². The quantitative estimate of drug-likeness (QED) is 0.537. The molecule has 0 fully saturated rings. The van der Waals surface area contributed by atoms with Gasteiger partial charge in [0.05, 0.1) is 5.88 Å². The maximum absolute atomic E-state index is 6.10. The summed E-state index contributed by atoms with van der Waals surface area (Å²) >= 11 is 13.6. The Morgan fingerprint density at radius 2 is 1.78 bits per heavy atom. The maximum atomic E-state index is 6.10. The molecule has 0 saturated heterocycles. The van der Waals surface area contributed by atoms with E-state index in [1.54, 1.807) is 11.8 Å². The highest BCUT2D eigenvalue weighted by Crippen LogP contribution is 2.35. The molecule has 0 saturated carbocycles. The molecule has 0 aliphatic rings. The molecular weight excluding hydrogens is 287 g/mol. The molecule has 2 rings (SSSR count). The first-order valence-electron chi connectivity index (χ1n) is 5.40. The van der Waals surface area contributed by atoms with Gasteiger partial charge >= 0.3 is 0 Å². The molecule has 0 spiro atoms. The van der Waals surface area contributed by atoms with Crippen LogP contribution < -0.4 is 4.74 Å². The third-order valence-electron chi connectivity index (χ3n) is 2.50. The third-order valence-corrected chi connectivity index (χ3v) is 3.90. The highest BCUT2D eigenvalue weighted by molar-refractivity contribution is 7.98. The summed E-state index contributed by atoms with van der Waals surface area (Å²) in [5.41, 5.74) is 0.816. The summed E-state index contributed by atoms with van der Waals surface area (Å²) in [6.45, 7) is 0. The molecular formula is C14H12Cl2OS. The van der Waals surface area contributed by atoms with Crippen molar-refractivity contribution in [1.29, 1.82) is 0 Å². The lowest BCUT2D eigenvalue weighted by molar-refractivity contribution is 0.467. The molecule has 4 heteroatoms. The van der Waals surface area contributed by atoms with Crippen LogP contribution in [0.1, 0.15) is 5.56 Å². The zero-order valence-electron chi connectivity index (χ0n) is 9.82. The van der Waals surface area contributed by atoms with Gasteiger partial charge in [-0.05, 0) is 30.5 Å². The van der Waals surface area contributed by atoms with Crippen molar-refractivity contribution in [2.75, 3.05) is 6.26 Å². The number of rotatable bonds is 4. The monoisotopic (exact) mass is 298 g/mol. The van der Waals surface area contributed by atoms with Gasteiger partial charge in [-0.1, -0.05) is 29.8 Å². The molecule has 0 bridgehead atoms. The molecule has 2 aromatic carbocycles. The average molecular weight is 299 g/mol. The number of halogens is 2. The predicted molar refractivity (Wildman–Crippen MR) is 79.3 cm³/mol. The fourth-order valence-electron chi connectivity index (χ4n) is 1.59. The van der Waals surface area contributed by atoms with Gasteiger partial charge in [-0.15, -0.1) is 23.4 Å². The lowest BCUT2D eigenvalue weighted by atomic mass is 10.2. The number of para-hydroxylation sites is 1. The second-order valence-electron chi connectivity index (χ2n) is 3.60. The number of hydrogen-bond acceptors (Lipinski definition) is 2. The largest absolute Gasteiger partial charge is 0.456 e. The van der Waals surface area contributed by atoms with Crippen LogP contribution in [-0.2, 0) is 5.88 Å². The SMILES string of the molecule is CSc1ccccc1Oc1cccc(Cl)c1CCl. The summed E-state index contributed by atoms with van der Waals surface area (Å²) < 4.78 is 5.91. The van der Waals surface area contributed by atoms with Crippen molar-refractivity contribution in [3.63, 3.8) is 0 Å². The second-order valence-corrected chi connectivity index (χ2v) is 5.13. The van der Waals surface area contributed by atoms with Crippen LogP contribution in [0.5, 0.6) is 11.5 Å². The van der Waals surface area contributed by atoms with Crippen LogP contribution in [0.2, 0.25) is 5.02 Å². The highest BCUT2D eigenvalue weighted by atomic mass is 35.5. The molecule has 2 aromatic rings. The molecule has 0 aliphatic heterocycles. The fraction of sp³-hybridized carbons (Fsp3) is 0.143. The maximum Gasteiger partial charge on any atom is 0.140 e. The van der Waals surface area contributed by atoms with Gasteiger partial charge < -0.3 is 4.74 Å². The minimum absolute atomic E-state index is 0.330. The number of benzene rings is 2. The normalized spacial score (nSPS) is 10.4. The van der Waals surface area contributed by atoms with E-state index in [9.17, 15) is 0 Å². The lowest BCUT2D eigenvalue weighted by Gasteiger charge is -2.13. The molecule has 0 atom stereocenters. The summed E-state index contributed by atoms with van der Waals surface area (Å²) in [7, 11) is 0. The molecule has 0 N–H and O–H groups in total. The average Bonchev–Trinajstić information content (AvgIpc) is 2.40. The van der Waals surface area contributed by atoms with Gasteiger partial charge in [0.25, 0.3) is 0 Å². The van der Waals surface area contributed by atoms with Gasteiger partial charge in [-0.2, -0.15) is 0 Å². The van der Waals surface area contributed by atoms with Crippen molar-refractivity contribution in [3.8, 4) is 11.5 Å². The van der Waals surface area contributed by atoms with Gasteiger partial charge in [-0.25, -0.2) is 0 Å². The Bertz CT molecular complexity index is 543. The van der Waals surface area contributed by atoms with Gasteiger partial charge in [-0.3, -0.25) is 0 Å². The number of thioether (sulfide) groups is 1. The van der Waals surface area contributed by atoms with Crippen molar-refractivity contribution in [2.24, 2.45) is 0 Å². The highest BCUT2D eigenvalue weighted by Gasteiger charge is 2.10. The Morgan fingerprint density at radius 1 is 1.06 bits per heavy atom. The van der Waals surface area contributed by atoms with E-state index >= 15 is 0 Å². The van der Waals surface area contributed by atoms with Crippen LogP contribution >= 0.6 is 35.0 Å². The first-order valence-corrected chi connectivity index (χ1v) is 7.54. The van der Waals surface area contributed by atoms with E-state index in [1.807, 2.05) is 48.7 Å². The van der Waals surface area contributed by atoms with Gasteiger partial charge in [0.1, 0.15) is 11.5 Å². The van der Waals surface area contributed by atoms with Crippen molar-refractivity contribution in [3.05, 3.63) is 53.1 Å².